The van der Waals surface area contributed by atoms with Crippen LogP contribution in [0.15, 0.2) is 54.7 Å². The molecule has 1 aromatic heterocycles. The lowest BCUT2D eigenvalue weighted by Crippen LogP contribution is -2.22. The molecule has 4 rings (SSSR count). The minimum atomic E-state index is 0.288. The third kappa shape index (κ3) is 4.65. The summed E-state index contributed by atoms with van der Waals surface area (Å²) in [6.45, 7) is 2.65. The van der Waals surface area contributed by atoms with Crippen LogP contribution in [0.1, 0.15) is 48.7 Å². The van der Waals surface area contributed by atoms with Gasteiger partial charge in [-0.3, -0.25) is 0 Å². The third-order valence-corrected chi connectivity index (χ3v) is 5.92. The van der Waals surface area contributed by atoms with Crippen molar-refractivity contribution >= 4 is 11.6 Å². The number of aryl methyl sites for hydroxylation is 1. The van der Waals surface area contributed by atoms with Crippen molar-refractivity contribution in [3.8, 4) is 11.4 Å². The number of para-hydroxylation sites is 1. The van der Waals surface area contributed by atoms with E-state index in [0.717, 1.165) is 59.2 Å². The van der Waals surface area contributed by atoms with Crippen LogP contribution in [0.5, 0.6) is 5.75 Å². The Morgan fingerprint density at radius 2 is 1.76 bits per heavy atom. The molecule has 1 aliphatic rings. The maximum Gasteiger partial charge on any atom is 0.124 e. The van der Waals surface area contributed by atoms with Crippen LogP contribution in [0.25, 0.3) is 5.69 Å². The molecule has 0 radical (unpaired) electrons. The average molecular weight is 411 g/mol. The molecule has 0 bridgehead atoms. The maximum atomic E-state index is 6.21. The van der Waals surface area contributed by atoms with Crippen LogP contribution in [0.2, 0.25) is 5.02 Å². The minimum Gasteiger partial charge on any atom is -0.496 e. The Bertz CT molecular complexity index is 944. The fourth-order valence-corrected chi connectivity index (χ4v) is 4.26. The van der Waals surface area contributed by atoms with E-state index >= 15 is 0 Å². The summed E-state index contributed by atoms with van der Waals surface area (Å²) in [7, 11) is 1.70. The zero-order valence-electron chi connectivity index (χ0n) is 17.0. The quantitative estimate of drug-likeness (QED) is 0.493. The van der Waals surface area contributed by atoms with E-state index in [-0.39, 0.29) is 6.10 Å². The highest BCUT2D eigenvalue weighted by atomic mass is 35.5. The van der Waals surface area contributed by atoms with E-state index in [0.29, 0.717) is 12.5 Å². The predicted molar refractivity (Wildman–Crippen MR) is 116 cm³/mol. The number of nitrogens with zero attached hydrogens (tertiary/aromatic N) is 2. The van der Waals surface area contributed by atoms with E-state index in [2.05, 4.69) is 35.9 Å². The predicted octanol–water partition coefficient (Wildman–Crippen LogP) is 6.09. The topological polar surface area (TPSA) is 36.3 Å². The number of hydrogen-bond donors (Lipinski definition) is 0. The molecular formula is C24H27ClN2O2. The Morgan fingerprint density at radius 3 is 2.48 bits per heavy atom. The van der Waals surface area contributed by atoms with Crippen molar-refractivity contribution in [2.75, 3.05) is 7.11 Å². The lowest BCUT2D eigenvalue weighted by Gasteiger charge is -2.29. The van der Waals surface area contributed by atoms with E-state index in [1.54, 1.807) is 7.11 Å². The lowest BCUT2D eigenvalue weighted by atomic mass is 9.86. The molecule has 152 valence electrons. The second-order valence-electron chi connectivity index (χ2n) is 7.68. The zero-order valence-corrected chi connectivity index (χ0v) is 17.7. The maximum absolute atomic E-state index is 6.21. The largest absolute Gasteiger partial charge is 0.496 e. The number of halogens is 1. The van der Waals surface area contributed by atoms with Crippen molar-refractivity contribution in [3.05, 3.63) is 76.8 Å². The Labute approximate surface area is 177 Å². The highest BCUT2D eigenvalue weighted by Crippen LogP contribution is 2.35. The van der Waals surface area contributed by atoms with Crippen LogP contribution < -0.4 is 4.74 Å². The van der Waals surface area contributed by atoms with E-state index in [4.69, 9.17) is 26.1 Å². The number of rotatable bonds is 6. The standard InChI is InChI=1S/C24H27ClN2O2/c1-17-15-27(21-11-9-20(25)10-12-21)24(26-17)18-7-13-22(14-8-18)29-16-19-5-3-4-6-23(19)28-2/h3-6,9-12,15,18,22H,7-8,13-14,16H2,1-2H3. The average Bonchev–Trinajstić information content (AvgIpc) is 3.15. The van der Waals surface area contributed by atoms with Crippen LogP contribution >= 0.6 is 11.6 Å². The molecule has 1 fully saturated rings. The molecule has 0 saturated heterocycles. The van der Waals surface area contributed by atoms with Crippen LogP contribution in [-0.4, -0.2) is 22.8 Å². The lowest BCUT2D eigenvalue weighted by molar-refractivity contribution is 0.0120. The normalized spacial score (nSPS) is 19.3. The second-order valence-corrected chi connectivity index (χ2v) is 8.12. The molecule has 0 N–H and O–H groups in total. The Hall–Kier alpha value is -2.30. The number of methoxy groups -OCH3 is 1. The Morgan fingerprint density at radius 1 is 1.03 bits per heavy atom. The molecule has 0 atom stereocenters. The summed E-state index contributed by atoms with van der Waals surface area (Å²) >= 11 is 6.06. The smallest absolute Gasteiger partial charge is 0.124 e. The molecule has 1 heterocycles. The first kappa shape index (κ1) is 20.0. The highest BCUT2D eigenvalue weighted by Gasteiger charge is 2.26. The number of aromatic nitrogens is 2. The first-order valence-electron chi connectivity index (χ1n) is 10.2. The van der Waals surface area contributed by atoms with Gasteiger partial charge >= 0.3 is 0 Å². The van der Waals surface area contributed by atoms with E-state index < -0.39 is 0 Å². The van der Waals surface area contributed by atoms with Gasteiger partial charge in [-0.05, 0) is 62.9 Å². The molecule has 4 nitrogen and oxygen atoms in total. The zero-order chi connectivity index (χ0) is 20.2. The fourth-order valence-electron chi connectivity index (χ4n) is 4.13. The van der Waals surface area contributed by atoms with Gasteiger partial charge in [0.15, 0.2) is 0 Å². The van der Waals surface area contributed by atoms with Crippen molar-refractivity contribution in [3.63, 3.8) is 0 Å². The Balaban J connectivity index is 1.39. The van der Waals surface area contributed by atoms with E-state index in [1.165, 1.54) is 0 Å². The van der Waals surface area contributed by atoms with Gasteiger partial charge in [0, 0.05) is 28.4 Å². The van der Waals surface area contributed by atoms with Crippen LogP contribution in [-0.2, 0) is 11.3 Å². The molecule has 5 heteroatoms. The van der Waals surface area contributed by atoms with Gasteiger partial charge in [0.2, 0.25) is 0 Å². The summed E-state index contributed by atoms with van der Waals surface area (Å²) < 4.78 is 13.8. The molecule has 0 amide bonds. The molecule has 1 saturated carbocycles. The van der Waals surface area contributed by atoms with Crippen molar-refractivity contribution < 1.29 is 9.47 Å². The van der Waals surface area contributed by atoms with Gasteiger partial charge in [-0.1, -0.05) is 29.8 Å². The molecule has 29 heavy (non-hydrogen) atoms. The summed E-state index contributed by atoms with van der Waals surface area (Å²) in [6.07, 6.45) is 6.67. The minimum absolute atomic E-state index is 0.288. The molecule has 0 spiro atoms. The molecule has 0 unspecified atom stereocenters. The summed E-state index contributed by atoms with van der Waals surface area (Å²) in [5, 5.41) is 0.750. The highest BCUT2D eigenvalue weighted by molar-refractivity contribution is 6.30. The molecule has 2 aromatic carbocycles. The van der Waals surface area contributed by atoms with Gasteiger partial charge < -0.3 is 14.0 Å². The van der Waals surface area contributed by atoms with Gasteiger partial charge in [-0.2, -0.15) is 0 Å². The van der Waals surface area contributed by atoms with Crippen LogP contribution in [0, 0.1) is 6.92 Å². The molecule has 1 aliphatic carbocycles. The van der Waals surface area contributed by atoms with Gasteiger partial charge in [0.25, 0.3) is 0 Å². The van der Waals surface area contributed by atoms with Gasteiger partial charge in [0.05, 0.1) is 25.5 Å². The van der Waals surface area contributed by atoms with Crippen molar-refractivity contribution in [2.45, 2.75) is 51.2 Å². The second kappa shape index (κ2) is 9.02. The van der Waals surface area contributed by atoms with Gasteiger partial charge in [-0.15, -0.1) is 0 Å². The van der Waals surface area contributed by atoms with E-state index in [9.17, 15) is 0 Å². The fraction of sp³-hybridized carbons (Fsp3) is 0.375. The number of ether oxygens (including phenoxy) is 2. The van der Waals surface area contributed by atoms with Crippen LogP contribution in [0.4, 0.5) is 0 Å². The summed E-state index contributed by atoms with van der Waals surface area (Å²) in [6, 6.07) is 16.0. The van der Waals surface area contributed by atoms with Crippen LogP contribution in [0.3, 0.4) is 0 Å². The van der Waals surface area contributed by atoms with Gasteiger partial charge in [0.1, 0.15) is 11.6 Å². The summed E-state index contributed by atoms with van der Waals surface area (Å²) in [4.78, 5) is 4.85. The first-order valence-corrected chi connectivity index (χ1v) is 10.6. The van der Waals surface area contributed by atoms with Crippen molar-refractivity contribution in [2.24, 2.45) is 0 Å². The van der Waals surface area contributed by atoms with E-state index in [1.807, 2.05) is 30.3 Å². The van der Waals surface area contributed by atoms with Gasteiger partial charge in [-0.25, -0.2) is 4.98 Å². The molecule has 0 aliphatic heterocycles. The molecule has 3 aromatic rings. The van der Waals surface area contributed by atoms with Crippen molar-refractivity contribution in [1.82, 2.24) is 9.55 Å². The molecular weight excluding hydrogens is 384 g/mol. The number of benzene rings is 2. The number of imidazole rings is 1. The third-order valence-electron chi connectivity index (χ3n) is 5.66. The summed E-state index contributed by atoms with van der Waals surface area (Å²) in [5.41, 5.74) is 3.26. The monoisotopic (exact) mass is 410 g/mol. The number of hydrogen-bond acceptors (Lipinski definition) is 3. The Kier molecular flexibility index (Phi) is 6.22. The summed E-state index contributed by atoms with van der Waals surface area (Å²) in [5.74, 6) is 2.49. The van der Waals surface area contributed by atoms with Crippen molar-refractivity contribution in [1.29, 1.82) is 0 Å². The first-order chi connectivity index (χ1) is 14.1. The SMILES string of the molecule is COc1ccccc1COC1CCC(c2nc(C)cn2-c2ccc(Cl)cc2)CC1.